The van der Waals surface area contributed by atoms with Crippen LogP contribution >= 0.6 is 0 Å². The predicted molar refractivity (Wildman–Crippen MR) is 85.4 cm³/mol. The van der Waals surface area contributed by atoms with Gasteiger partial charge in [0.2, 0.25) is 10.0 Å². The summed E-state index contributed by atoms with van der Waals surface area (Å²) >= 11 is 0. The molecule has 1 aliphatic rings. The van der Waals surface area contributed by atoms with Gasteiger partial charge >= 0.3 is 0 Å². The molecule has 0 unspecified atom stereocenters. The average Bonchev–Trinajstić information content (AvgIpc) is 2.48. The van der Waals surface area contributed by atoms with E-state index in [1.807, 2.05) is 6.92 Å². The standard InChI is InChI=1S/C14H21N3O4S/c1-2-11-22(20,21)16-9-7-13(8-10-16)15-12-3-5-14(6-4-12)17(18)19/h3-6,13,15H,2,7-11H2,1H3. The number of nitro benzene ring substituents is 1. The highest BCUT2D eigenvalue weighted by Crippen LogP contribution is 2.21. The summed E-state index contributed by atoms with van der Waals surface area (Å²) in [6.07, 6.45) is 2.10. The molecule has 1 aromatic rings. The highest BCUT2D eigenvalue weighted by atomic mass is 32.2. The van der Waals surface area contributed by atoms with Crippen molar-refractivity contribution >= 4 is 21.4 Å². The van der Waals surface area contributed by atoms with Crippen LogP contribution in [-0.2, 0) is 10.0 Å². The van der Waals surface area contributed by atoms with Crippen LogP contribution in [0.3, 0.4) is 0 Å². The Kier molecular flexibility index (Phi) is 5.36. The predicted octanol–water partition coefficient (Wildman–Crippen LogP) is 2.21. The van der Waals surface area contributed by atoms with Gasteiger partial charge in [-0.2, -0.15) is 0 Å². The molecule has 7 nitrogen and oxygen atoms in total. The van der Waals surface area contributed by atoms with E-state index in [0.717, 1.165) is 18.5 Å². The molecule has 8 heteroatoms. The topological polar surface area (TPSA) is 92.6 Å². The number of benzene rings is 1. The van der Waals surface area contributed by atoms with Crippen molar-refractivity contribution in [3.05, 3.63) is 34.4 Å². The van der Waals surface area contributed by atoms with E-state index in [1.54, 1.807) is 16.4 Å². The van der Waals surface area contributed by atoms with Gasteiger partial charge in [-0.1, -0.05) is 6.92 Å². The van der Waals surface area contributed by atoms with Crippen LogP contribution in [0, 0.1) is 10.1 Å². The highest BCUT2D eigenvalue weighted by molar-refractivity contribution is 7.89. The fraction of sp³-hybridized carbons (Fsp3) is 0.571. The van der Waals surface area contributed by atoms with Crippen LogP contribution in [0.15, 0.2) is 24.3 Å². The first-order chi connectivity index (χ1) is 10.4. The molecule has 0 saturated carbocycles. The zero-order valence-electron chi connectivity index (χ0n) is 12.6. The smallest absolute Gasteiger partial charge is 0.269 e. The molecule has 0 spiro atoms. The van der Waals surface area contributed by atoms with Gasteiger partial charge in [0.1, 0.15) is 0 Å². The van der Waals surface area contributed by atoms with E-state index in [9.17, 15) is 18.5 Å². The van der Waals surface area contributed by atoms with Crippen LogP contribution in [-0.4, -0.2) is 42.5 Å². The summed E-state index contributed by atoms with van der Waals surface area (Å²) in [5.41, 5.74) is 0.881. The lowest BCUT2D eigenvalue weighted by Gasteiger charge is -2.32. The lowest BCUT2D eigenvalue weighted by molar-refractivity contribution is -0.384. The summed E-state index contributed by atoms with van der Waals surface area (Å²) in [6, 6.07) is 6.47. The van der Waals surface area contributed by atoms with Crippen molar-refractivity contribution in [3.63, 3.8) is 0 Å². The summed E-state index contributed by atoms with van der Waals surface area (Å²) in [7, 11) is -3.11. The molecule has 1 aliphatic heterocycles. The number of rotatable bonds is 6. The Bertz CT molecular complexity index is 607. The number of hydrogen-bond donors (Lipinski definition) is 1. The molecule has 2 rings (SSSR count). The lowest BCUT2D eigenvalue weighted by atomic mass is 10.1. The third-order valence-corrected chi connectivity index (χ3v) is 5.83. The first-order valence-electron chi connectivity index (χ1n) is 7.41. The largest absolute Gasteiger partial charge is 0.382 e. The maximum absolute atomic E-state index is 12.0. The second kappa shape index (κ2) is 7.06. The van der Waals surface area contributed by atoms with Crippen molar-refractivity contribution in [3.8, 4) is 0 Å². The van der Waals surface area contributed by atoms with Gasteiger partial charge in [0, 0.05) is 37.0 Å². The molecule has 0 bridgehead atoms. The van der Waals surface area contributed by atoms with Crippen LogP contribution in [0.25, 0.3) is 0 Å². The summed E-state index contributed by atoms with van der Waals surface area (Å²) in [4.78, 5) is 10.2. The summed E-state index contributed by atoms with van der Waals surface area (Å²) in [6.45, 7) is 2.90. The maximum Gasteiger partial charge on any atom is 0.269 e. The first-order valence-corrected chi connectivity index (χ1v) is 9.02. The Morgan fingerprint density at radius 2 is 1.86 bits per heavy atom. The first kappa shape index (κ1) is 16.7. The Hall–Kier alpha value is -1.67. The number of piperidine rings is 1. The van der Waals surface area contributed by atoms with Gasteiger partial charge in [0.25, 0.3) is 5.69 Å². The third kappa shape index (κ3) is 4.17. The Labute approximate surface area is 130 Å². The molecular weight excluding hydrogens is 306 g/mol. The van der Waals surface area contributed by atoms with Gasteiger partial charge in [-0.3, -0.25) is 10.1 Å². The number of nitrogens with one attached hydrogen (secondary N) is 1. The van der Waals surface area contributed by atoms with Gasteiger partial charge in [-0.25, -0.2) is 12.7 Å². The van der Waals surface area contributed by atoms with E-state index in [2.05, 4.69) is 5.32 Å². The average molecular weight is 327 g/mol. The van der Waals surface area contributed by atoms with Crippen LogP contribution in [0.1, 0.15) is 26.2 Å². The molecule has 122 valence electrons. The number of nitrogens with zero attached hydrogens (tertiary/aromatic N) is 2. The fourth-order valence-corrected chi connectivity index (χ4v) is 4.12. The second-order valence-corrected chi connectivity index (χ2v) is 7.53. The number of anilines is 1. The van der Waals surface area contributed by atoms with E-state index < -0.39 is 14.9 Å². The Morgan fingerprint density at radius 3 is 2.36 bits per heavy atom. The molecule has 0 amide bonds. The molecule has 1 saturated heterocycles. The molecule has 22 heavy (non-hydrogen) atoms. The van der Waals surface area contributed by atoms with Gasteiger partial charge in [-0.05, 0) is 31.4 Å². The minimum Gasteiger partial charge on any atom is -0.382 e. The number of hydrogen-bond acceptors (Lipinski definition) is 5. The summed E-state index contributed by atoms with van der Waals surface area (Å²) < 4.78 is 25.5. The van der Waals surface area contributed by atoms with Crippen LogP contribution in [0.4, 0.5) is 11.4 Å². The number of non-ortho nitro benzene ring substituents is 1. The fourth-order valence-electron chi connectivity index (χ4n) is 2.58. The summed E-state index contributed by atoms with van der Waals surface area (Å²) in [5, 5.41) is 13.9. The second-order valence-electron chi connectivity index (χ2n) is 5.44. The van der Waals surface area contributed by atoms with Crippen molar-refractivity contribution in [1.82, 2.24) is 4.31 Å². The van der Waals surface area contributed by atoms with Crippen LogP contribution < -0.4 is 5.32 Å². The van der Waals surface area contributed by atoms with E-state index in [0.29, 0.717) is 19.5 Å². The summed E-state index contributed by atoms with van der Waals surface area (Å²) in [5.74, 6) is 0.202. The van der Waals surface area contributed by atoms with Gasteiger partial charge < -0.3 is 5.32 Å². The van der Waals surface area contributed by atoms with Gasteiger partial charge in [0.05, 0.1) is 10.7 Å². The molecule has 1 N–H and O–H groups in total. The maximum atomic E-state index is 12.0. The van der Waals surface area contributed by atoms with E-state index >= 15 is 0 Å². The van der Waals surface area contributed by atoms with E-state index in [1.165, 1.54) is 12.1 Å². The normalized spacial score (nSPS) is 17.3. The zero-order valence-corrected chi connectivity index (χ0v) is 13.4. The highest BCUT2D eigenvalue weighted by Gasteiger charge is 2.27. The molecule has 0 radical (unpaired) electrons. The molecule has 0 aromatic heterocycles. The Morgan fingerprint density at radius 1 is 1.27 bits per heavy atom. The van der Waals surface area contributed by atoms with Crippen molar-refractivity contribution in [2.45, 2.75) is 32.2 Å². The van der Waals surface area contributed by atoms with Crippen LogP contribution in [0.2, 0.25) is 0 Å². The molecule has 1 aromatic carbocycles. The Balaban J connectivity index is 1.88. The van der Waals surface area contributed by atoms with Gasteiger partial charge in [0.15, 0.2) is 0 Å². The molecule has 1 fully saturated rings. The minimum atomic E-state index is -3.11. The molecule has 0 aliphatic carbocycles. The molecule has 1 heterocycles. The number of sulfonamides is 1. The molecular formula is C14H21N3O4S. The minimum absolute atomic E-state index is 0.0611. The van der Waals surface area contributed by atoms with E-state index in [-0.39, 0.29) is 17.5 Å². The third-order valence-electron chi connectivity index (χ3n) is 3.76. The SMILES string of the molecule is CCCS(=O)(=O)N1CCC(Nc2ccc([N+](=O)[O-])cc2)CC1. The monoisotopic (exact) mass is 327 g/mol. The van der Waals surface area contributed by atoms with Crippen molar-refractivity contribution in [2.75, 3.05) is 24.2 Å². The van der Waals surface area contributed by atoms with E-state index in [4.69, 9.17) is 0 Å². The molecule has 0 atom stereocenters. The van der Waals surface area contributed by atoms with Crippen molar-refractivity contribution < 1.29 is 13.3 Å². The van der Waals surface area contributed by atoms with Crippen molar-refractivity contribution in [1.29, 1.82) is 0 Å². The van der Waals surface area contributed by atoms with Crippen molar-refractivity contribution in [2.24, 2.45) is 0 Å². The zero-order chi connectivity index (χ0) is 16.2. The number of nitro groups is 1. The lowest BCUT2D eigenvalue weighted by Crippen LogP contribution is -2.43. The quantitative estimate of drug-likeness (QED) is 0.639. The van der Waals surface area contributed by atoms with Crippen LogP contribution in [0.5, 0.6) is 0 Å². The van der Waals surface area contributed by atoms with Gasteiger partial charge in [-0.15, -0.1) is 0 Å².